The van der Waals surface area contributed by atoms with E-state index in [0.717, 1.165) is 27.8 Å². The van der Waals surface area contributed by atoms with E-state index in [1.165, 1.54) is 0 Å². The molecule has 5 aromatic carbocycles. The first kappa shape index (κ1) is 47.2. The second kappa shape index (κ2) is 21.8. The van der Waals surface area contributed by atoms with Crippen molar-refractivity contribution in [1.82, 2.24) is 0 Å². The summed E-state index contributed by atoms with van der Waals surface area (Å²) >= 11 is 0. The highest BCUT2D eigenvalue weighted by Gasteiger charge is 2.49. The lowest BCUT2D eigenvalue weighted by atomic mass is 9.79. The van der Waals surface area contributed by atoms with Crippen molar-refractivity contribution in [3.05, 3.63) is 168 Å². The largest absolute Gasteiger partial charge is 0.493 e. The fourth-order valence-corrected chi connectivity index (χ4v) is 15.2. The molecule has 5 aromatic rings. The number of hydrogen-bond acceptors (Lipinski definition) is 7. The Balaban J connectivity index is 1.78. The molecule has 326 valence electrons. The third-order valence-electron chi connectivity index (χ3n) is 12.5. The van der Waals surface area contributed by atoms with Crippen molar-refractivity contribution in [2.45, 2.75) is 88.8 Å². The first-order valence-corrected chi connectivity index (χ1v) is 23.8. The topological polar surface area (TPSA) is 75.6 Å². The molecule has 0 fully saturated rings. The number of aliphatic hydroxyl groups is 1. The van der Waals surface area contributed by atoms with Crippen molar-refractivity contribution in [2.24, 2.45) is 11.8 Å². The van der Waals surface area contributed by atoms with Crippen LogP contribution in [0.25, 0.3) is 0 Å². The Bertz CT molecular complexity index is 1970. The van der Waals surface area contributed by atoms with Crippen molar-refractivity contribution >= 4 is 8.32 Å². The smallest absolute Gasteiger partial charge is 0.201 e. The molecule has 0 saturated heterocycles. The standard InChI is InChI=1S/C53H68O7Si/c1-12-22-40(51(54)41-29-31-47(55-8)49(34-41)57-10)33-43(52(42-30-32-48(56-9)50(35-42)58-11)60-61(37(2)3,38(4)5)39(6)7)36-59-53(44-23-16-13-17-24-44,45-25-18-14-19-26-45)46-27-20-15-21-28-46/h12-21,23-32,34-35,37-40,43,51-52,54H,1,22,33,36H2,2-11H3/t40-,43+,51+,52-/m1/s1. The molecule has 7 nitrogen and oxygen atoms in total. The van der Waals surface area contributed by atoms with Gasteiger partial charge in [-0.25, -0.2) is 0 Å². The van der Waals surface area contributed by atoms with Crippen molar-refractivity contribution in [1.29, 1.82) is 0 Å². The van der Waals surface area contributed by atoms with Gasteiger partial charge in [0.05, 0.1) is 47.3 Å². The van der Waals surface area contributed by atoms with Crippen molar-refractivity contribution in [3.8, 4) is 23.0 Å². The molecule has 0 bridgehead atoms. The summed E-state index contributed by atoms with van der Waals surface area (Å²) < 4.78 is 38.7. The molecule has 0 aliphatic rings. The van der Waals surface area contributed by atoms with Gasteiger partial charge in [0.1, 0.15) is 5.60 Å². The van der Waals surface area contributed by atoms with Crippen molar-refractivity contribution in [3.63, 3.8) is 0 Å². The molecule has 4 atom stereocenters. The van der Waals surface area contributed by atoms with E-state index in [4.69, 9.17) is 28.1 Å². The molecule has 0 aromatic heterocycles. The fourth-order valence-electron chi connectivity index (χ4n) is 9.64. The molecule has 61 heavy (non-hydrogen) atoms. The Hall–Kier alpha value is -4.86. The summed E-state index contributed by atoms with van der Waals surface area (Å²) in [4.78, 5) is 0. The lowest BCUT2D eigenvalue weighted by Crippen LogP contribution is -2.50. The first-order chi connectivity index (χ1) is 29.4. The van der Waals surface area contributed by atoms with Crippen LogP contribution < -0.4 is 18.9 Å². The van der Waals surface area contributed by atoms with Gasteiger partial charge in [0.2, 0.25) is 8.32 Å². The quantitative estimate of drug-likeness (QED) is 0.0399. The van der Waals surface area contributed by atoms with E-state index in [1.54, 1.807) is 28.4 Å². The Morgan fingerprint density at radius 2 is 0.967 bits per heavy atom. The maximum atomic E-state index is 12.5. The van der Waals surface area contributed by atoms with Crippen LogP contribution in [0.3, 0.4) is 0 Å². The maximum Gasteiger partial charge on any atom is 0.201 e. The van der Waals surface area contributed by atoms with Crippen LogP contribution in [-0.4, -0.2) is 48.5 Å². The Morgan fingerprint density at radius 1 is 0.557 bits per heavy atom. The van der Waals surface area contributed by atoms with Crippen LogP contribution in [0, 0.1) is 11.8 Å². The maximum absolute atomic E-state index is 12.5. The van der Waals surface area contributed by atoms with E-state index < -0.39 is 26.1 Å². The molecular formula is C53H68O7Si. The van der Waals surface area contributed by atoms with Crippen LogP contribution in [-0.2, 0) is 14.8 Å². The van der Waals surface area contributed by atoms with Gasteiger partial charge in [0.25, 0.3) is 0 Å². The summed E-state index contributed by atoms with van der Waals surface area (Å²) in [7, 11) is 3.97. The second-order valence-corrected chi connectivity index (χ2v) is 22.3. The normalized spacial score (nSPS) is 14.1. The number of ether oxygens (including phenoxy) is 5. The molecule has 0 amide bonds. The van der Waals surface area contributed by atoms with Gasteiger partial charge in [0.15, 0.2) is 23.0 Å². The molecule has 0 spiro atoms. The van der Waals surface area contributed by atoms with E-state index in [1.807, 2.05) is 48.5 Å². The van der Waals surface area contributed by atoms with Gasteiger partial charge >= 0.3 is 0 Å². The summed E-state index contributed by atoms with van der Waals surface area (Å²) in [6.07, 6.45) is 1.66. The highest BCUT2D eigenvalue weighted by atomic mass is 28.4. The molecular weight excluding hydrogens is 777 g/mol. The van der Waals surface area contributed by atoms with Crippen LogP contribution in [0.4, 0.5) is 0 Å². The third-order valence-corrected chi connectivity index (χ3v) is 18.6. The third kappa shape index (κ3) is 10.3. The van der Waals surface area contributed by atoms with E-state index in [-0.39, 0.29) is 18.4 Å². The van der Waals surface area contributed by atoms with Gasteiger partial charge in [0, 0.05) is 5.92 Å². The van der Waals surface area contributed by atoms with Gasteiger partial charge in [-0.15, -0.1) is 6.58 Å². The average Bonchev–Trinajstić information content (AvgIpc) is 3.29. The molecule has 1 N–H and O–H groups in total. The van der Waals surface area contributed by atoms with E-state index in [0.29, 0.717) is 52.5 Å². The second-order valence-electron chi connectivity index (χ2n) is 16.9. The minimum absolute atomic E-state index is 0.275. The predicted molar refractivity (Wildman–Crippen MR) is 250 cm³/mol. The monoisotopic (exact) mass is 844 g/mol. The average molecular weight is 845 g/mol. The van der Waals surface area contributed by atoms with Gasteiger partial charge in [-0.2, -0.15) is 0 Å². The zero-order valence-corrected chi connectivity index (χ0v) is 39.0. The van der Waals surface area contributed by atoms with Crippen molar-refractivity contribution in [2.75, 3.05) is 35.0 Å². The SMILES string of the molecule is C=CC[C@H](C[C@@H](COC(c1ccccc1)(c1ccccc1)c1ccccc1)[C@H](O[Si](C(C)C)(C(C)C)C(C)C)c1ccc(OC)c(OC)c1)[C@H](O)c1ccc(OC)c(OC)c1. The predicted octanol–water partition coefficient (Wildman–Crippen LogP) is 12.9. The Morgan fingerprint density at radius 3 is 1.36 bits per heavy atom. The Labute approximate surface area is 366 Å². The van der Waals surface area contributed by atoms with Crippen LogP contribution in [0.5, 0.6) is 23.0 Å². The highest BCUT2D eigenvalue weighted by Crippen LogP contribution is 2.50. The minimum atomic E-state index is -2.58. The number of methoxy groups -OCH3 is 4. The lowest BCUT2D eigenvalue weighted by molar-refractivity contribution is -0.0487. The molecule has 0 aliphatic carbocycles. The number of allylic oxidation sites excluding steroid dienone is 1. The number of benzene rings is 5. The van der Waals surface area contributed by atoms with Crippen LogP contribution >= 0.6 is 0 Å². The molecule has 0 radical (unpaired) electrons. The summed E-state index contributed by atoms with van der Waals surface area (Å²) in [5.74, 6) is 1.87. The molecule has 8 heteroatoms. The highest BCUT2D eigenvalue weighted by molar-refractivity contribution is 6.77. The zero-order chi connectivity index (χ0) is 44.2. The number of aliphatic hydroxyl groups excluding tert-OH is 1. The van der Waals surface area contributed by atoms with Gasteiger partial charge in [-0.3, -0.25) is 0 Å². The lowest BCUT2D eigenvalue weighted by Gasteiger charge is -2.47. The number of rotatable bonds is 23. The van der Waals surface area contributed by atoms with Gasteiger partial charge < -0.3 is 33.2 Å². The molecule has 0 unspecified atom stereocenters. The van der Waals surface area contributed by atoms with E-state index in [9.17, 15) is 5.11 Å². The molecule has 0 aliphatic heterocycles. The Kier molecular flexibility index (Phi) is 16.8. The van der Waals surface area contributed by atoms with Crippen LogP contribution in [0.2, 0.25) is 16.6 Å². The number of hydrogen-bond donors (Lipinski definition) is 1. The van der Waals surface area contributed by atoms with Gasteiger partial charge in [-0.1, -0.05) is 151 Å². The van der Waals surface area contributed by atoms with E-state index in [2.05, 4.69) is 133 Å². The first-order valence-electron chi connectivity index (χ1n) is 21.6. The van der Waals surface area contributed by atoms with Crippen LogP contribution in [0.15, 0.2) is 140 Å². The molecule has 0 heterocycles. The zero-order valence-electron chi connectivity index (χ0n) is 38.0. The summed E-state index contributed by atoms with van der Waals surface area (Å²) in [5.41, 5.74) is 4.65. The minimum Gasteiger partial charge on any atom is -0.493 e. The van der Waals surface area contributed by atoms with Gasteiger partial charge in [-0.05, 0) is 87.5 Å². The molecule has 0 saturated carbocycles. The summed E-state index contributed by atoms with van der Waals surface area (Å²) in [6, 6.07) is 43.2. The van der Waals surface area contributed by atoms with Crippen LogP contribution in [0.1, 0.15) is 94.4 Å². The summed E-state index contributed by atoms with van der Waals surface area (Å²) in [5, 5.41) is 12.5. The fraction of sp³-hybridized carbons (Fsp3) is 0.396. The van der Waals surface area contributed by atoms with E-state index >= 15 is 0 Å². The van der Waals surface area contributed by atoms with Crippen molar-refractivity contribution < 1.29 is 33.2 Å². The molecule has 5 rings (SSSR count). The summed E-state index contributed by atoms with van der Waals surface area (Å²) in [6.45, 7) is 18.4.